The Hall–Kier alpha value is -2.96. The zero-order chi connectivity index (χ0) is 23.0. The Bertz CT molecular complexity index is 989. The lowest BCUT2D eigenvalue weighted by Crippen LogP contribution is -2.47. The highest BCUT2D eigenvalue weighted by Gasteiger charge is 2.51. The number of nitrogens with zero attached hydrogens (tertiary/aromatic N) is 3. The Kier molecular flexibility index (Phi) is 5.81. The Balaban J connectivity index is 1.28. The Morgan fingerprint density at radius 3 is 2.39 bits per heavy atom. The molecule has 3 heterocycles. The number of nitrogens with one attached hydrogen (secondary N) is 1. The van der Waals surface area contributed by atoms with Crippen LogP contribution in [0.15, 0.2) is 48.8 Å². The fourth-order valence-corrected chi connectivity index (χ4v) is 6.09. The molecule has 2 aliphatic heterocycles. The molecular weight excluding hydrogens is 416 g/mol. The largest absolute Gasteiger partial charge is 0.441 e. The number of piperidine rings is 1. The molecular formula is C26H32N4O3. The van der Waals surface area contributed by atoms with Crippen LogP contribution in [0.2, 0.25) is 0 Å². The quantitative estimate of drug-likeness (QED) is 0.757. The molecule has 0 bridgehead atoms. The first-order valence-electron chi connectivity index (χ1n) is 12.0. The second-order valence-electron chi connectivity index (χ2n) is 10.2. The van der Waals surface area contributed by atoms with Gasteiger partial charge in [0.25, 0.3) is 0 Å². The molecule has 1 aromatic carbocycles. The van der Waals surface area contributed by atoms with Crippen LogP contribution >= 0.6 is 0 Å². The van der Waals surface area contributed by atoms with Crippen molar-refractivity contribution in [1.82, 2.24) is 20.2 Å². The third-order valence-electron chi connectivity index (χ3n) is 7.67. The highest BCUT2D eigenvalue weighted by Crippen LogP contribution is 2.46. The van der Waals surface area contributed by atoms with E-state index in [2.05, 4.69) is 27.4 Å². The molecule has 174 valence electrons. The first-order chi connectivity index (χ1) is 15.9. The fraction of sp³-hybridized carbons (Fsp3) is 0.538. The lowest BCUT2D eigenvalue weighted by atomic mass is 9.72. The van der Waals surface area contributed by atoms with E-state index in [9.17, 15) is 9.59 Å². The molecule has 7 heteroatoms. The van der Waals surface area contributed by atoms with Crippen molar-refractivity contribution >= 4 is 12.0 Å². The number of rotatable bonds is 4. The molecule has 1 N–H and O–H groups in total. The van der Waals surface area contributed by atoms with E-state index in [0.29, 0.717) is 12.5 Å². The first kappa shape index (κ1) is 21.9. The zero-order valence-electron chi connectivity index (χ0n) is 19.3. The molecule has 3 fully saturated rings. The molecule has 0 spiro atoms. The van der Waals surface area contributed by atoms with Gasteiger partial charge in [-0.15, -0.1) is 0 Å². The minimum absolute atomic E-state index is 0.0274. The Labute approximate surface area is 194 Å². The van der Waals surface area contributed by atoms with E-state index in [1.807, 2.05) is 43.0 Å². The predicted molar refractivity (Wildman–Crippen MR) is 123 cm³/mol. The lowest BCUT2D eigenvalue weighted by molar-refractivity contribution is -0.129. The molecule has 2 amide bonds. The highest BCUT2D eigenvalue weighted by atomic mass is 16.6. The summed E-state index contributed by atoms with van der Waals surface area (Å²) in [6.07, 6.45) is 7.71. The van der Waals surface area contributed by atoms with Gasteiger partial charge in [-0.25, -0.2) is 14.8 Å². The molecule has 3 aliphatic rings. The fourth-order valence-electron chi connectivity index (χ4n) is 6.09. The first-order valence-corrected chi connectivity index (χ1v) is 12.0. The number of hydrogen-bond acceptors (Lipinski definition) is 5. The maximum absolute atomic E-state index is 12.9. The summed E-state index contributed by atoms with van der Waals surface area (Å²) in [6.45, 7) is 4.58. The topological polar surface area (TPSA) is 84.4 Å². The van der Waals surface area contributed by atoms with E-state index < -0.39 is 5.60 Å². The van der Waals surface area contributed by atoms with E-state index in [4.69, 9.17) is 4.74 Å². The van der Waals surface area contributed by atoms with Crippen molar-refractivity contribution in [1.29, 1.82) is 0 Å². The van der Waals surface area contributed by atoms with Crippen LogP contribution in [-0.4, -0.2) is 45.1 Å². The number of benzene rings is 1. The minimum atomic E-state index is -0.582. The third kappa shape index (κ3) is 4.21. The standard InChI is InChI=1S/C26H32N4O3/c1-26(2)22(18-7-4-3-5-8-18)30(25(32)33-26)20-11-9-17(10-12-20)21-15-19(16-29-24(21)31)23-27-13-6-14-28-23/h3-8,13-14,17,19-22H,9-12,15-16H2,1-2H3,(H,29,31)/t17?,19?,20?,21?,22-/m1/s1. The van der Waals surface area contributed by atoms with E-state index in [1.54, 1.807) is 12.4 Å². The van der Waals surface area contributed by atoms with E-state index in [1.165, 1.54) is 0 Å². The van der Waals surface area contributed by atoms with Crippen molar-refractivity contribution in [3.63, 3.8) is 0 Å². The van der Waals surface area contributed by atoms with E-state index in [-0.39, 0.29) is 35.9 Å². The number of aromatic nitrogens is 2. The summed E-state index contributed by atoms with van der Waals surface area (Å²) in [6, 6.07) is 12.0. The number of carbonyl (C=O) groups excluding carboxylic acids is 2. The van der Waals surface area contributed by atoms with Crippen molar-refractivity contribution < 1.29 is 14.3 Å². The molecule has 2 aromatic rings. The van der Waals surface area contributed by atoms with Crippen molar-refractivity contribution in [2.45, 2.75) is 69.6 Å². The van der Waals surface area contributed by atoms with Crippen LogP contribution in [-0.2, 0) is 9.53 Å². The molecule has 2 saturated heterocycles. The minimum Gasteiger partial charge on any atom is -0.441 e. The molecule has 1 aliphatic carbocycles. The summed E-state index contributed by atoms with van der Waals surface area (Å²) in [5.74, 6) is 1.40. The molecule has 0 radical (unpaired) electrons. The zero-order valence-corrected chi connectivity index (χ0v) is 19.3. The van der Waals surface area contributed by atoms with Gasteiger partial charge in [-0.1, -0.05) is 30.3 Å². The summed E-state index contributed by atoms with van der Waals surface area (Å²) in [4.78, 5) is 36.5. The van der Waals surface area contributed by atoms with Crippen molar-refractivity contribution in [3.8, 4) is 0 Å². The monoisotopic (exact) mass is 448 g/mol. The SMILES string of the molecule is CC1(C)OC(=O)N(C2CCC(C3CC(c4ncccn4)CNC3=O)CC2)[C@@H]1c1ccccc1. The predicted octanol–water partition coefficient (Wildman–Crippen LogP) is 4.23. The van der Waals surface area contributed by atoms with Crippen LogP contribution in [0.25, 0.3) is 0 Å². The third-order valence-corrected chi connectivity index (χ3v) is 7.67. The number of amides is 2. The number of hydrogen-bond donors (Lipinski definition) is 1. The van der Waals surface area contributed by atoms with Gasteiger partial charge in [-0.05, 0) is 63.5 Å². The molecule has 33 heavy (non-hydrogen) atoms. The van der Waals surface area contributed by atoms with Crippen LogP contribution in [0, 0.1) is 11.8 Å². The van der Waals surface area contributed by atoms with E-state index in [0.717, 1.165) is 43.5 Å². The van der Waals surface area contributed by atoms with Gasteiger partial charge in [0, 0.05) is 36.8 Å². The summed E-state index contributed by atoms with van der Waals surface area (Å²) in [7, 11) is 0. The molecule has 1 aromatic heterocycles. The van der Waals surface area contributed by atoms with Gasteiger partial charge >= 0.3 is 6.09 Å². The number of ether oxygens (including phenoxy) is 1. The molecule has 3 atom stereocenters. The second-order valence-corrected chi connectivity index (χ2v) is 10.2. The van der Waals surface area contributed by atoms with Gasteiger partial charge in [0.1, 0.15) is 11.4 Å². The van der Waals surface area contributed by atoms with Crippen molar-refractivity contribution in [2.24, 2.45) is 11.8 Å². The van der Waals surface area contributed by atoms with Gasteiger partial charge in [0.05, 0.1) is 6.04 Å². The second kappa shape index (κ2) is 8.76. The van der Waals surface area contributed by atoms with Gasteiger partial charge in [-0.3, -0.25) is 9.69 Å². The summed E-state index contributed by atoms with van der Waals surface area (Å²) >= 11 is 0. The summed E-state index contributed by atoms with van der Waals surface area (Å²) in [5.41, 5.74) is 0.523. The van der Waals surface area contributed by atoms with E-state index >= 15 is 0 Å². The summed E-state index contributed by atoms with van der Waals surface area (Å²) in [5, 5.41) is 3.09. The van der Waals surface area contributed by atoms with Gasteiger partial charge in [0.15, 0.2) is 0 Å². The van der Waals surface area contributed by atoms with Crippen molar-refractivity contribution in [3.05, 3.63) is 60.2 Å². The van der Waals surface area contributed by atoms with Crippen LogP contribution in [0.4, 0.5) is 4.79 Å². The summed E-state index contributed by atoms with van der Waals surface area (Å²) < 4.78 is 5.81. The van der Waals surface area contributed by atoms with Gasteiger partial charge in [-0.2, -0.15) is 0 Å². The molecule has 7 nitrogen and oxygen atoms in total. The average Bonchev–Trinajstić information content (AvgIpc) is 3.08. The normalized spacial score (nSPS) is 31.7. The lowest BCUT2D eigenvalue weighted by Gasteiger charge is -2.41. The molecule has 1 saturated carbocycles. The average molecular weight is 449 g/mol. The number of carbonyl (C=O) groups is 2. The smallest absolute Gasteiger partial charge is 0.411 e. The Morgan fingerprint density at radius 1 is 1.00 bits per heavy atom. The Morgan fingerprint density at radius 2 is 1.70 bits per heavy atom. The molecule has 5 rings (SSSR count). The highest BCUT2D eigenvalue weighted by molar-refractivity contribution is 5.80. The van der Waals surface area contributed by atoms with Crippen LogP contribution in [0.1, 0.15) is 69.3 Å². The maximum Gasteiger partial charge on any atom is 0.411 e. The van der Waals surface area contributed by atoms with Gasteiger partial charge < -0.3 is 10.1 Å². The van der Waals surface area contributed by atoms with Crippen LogP contribution < -0.4 is 5.32 Å². The van der Waals surface area contributed by atoms with Crippen molar-refractivity contribution in [2.75, 3.05) is 6.54 Å². The number of cyclic esters (lactones) is 1. The van der Waals surface area contributed by atoms with Crippen LogP contribution in [0.3, 0.4) is 0 Å². The van der Waals surface area contributed by atoms with Gasteiger partial charge in [0.2, 0.25) is 5.91 Å². The maximum atomic E-state index is 12.9. The van der Waals surface area contributed by atoms with Crippen LogP contribution in [0.5, 0.6) is 0 Å². The molecule has 2 unspecified atom stereocenters.